The van der Waals surface area contributed by atoms with Crippen LogP contribution in [0.25, 0.3) is 22.3 Å². The van der Waals surface area contributed by atoms with E-state index in [0.717, 1.165) is 46.1 Å². The van der Waals surface area contributed by atoms with Crippen molar-refractivity contribution in [2.24, 2.45) is 5.73 Å². The van der Waals surface area contributed by atoms with Crippen LogP contribution in [0, 0.1) is 0 Å². The van der Waals surface area contributed by atoms with Crippen LogP contribution in [0.3, 0.4) is 0 Å². The highest BCUT2D eigenvalue weighted by Gasteiger charge is 2.17. The highest BCUT2D eigenvalue weighted by Crippen LogP contribution is 2.33. The van der Waals surface area contributed by atoms with Crippen molar-refractivity contribution in [1.82, 2.24) is 15.3 Å². The lowest BCUT2D eigenvalue weighted by Gasteiger charge is -2.22. The van der Waals surface area contributed by atoms with E-state index >= 15 is 0 Å². The third-order valence-electron chi connectivity index (χ3n) is 5.25. The molecule has 0 bridgehead atoms. The summed E-state index contributed by atoms with van der Waals surface area (Å²) in [6.45, 7) is 6.14. The number of rotatable bonds is 5. The van der Waals surface area contributed by atoms with Gasteiger partial charge in [0.25, 0.3) is 0 Å². The fourth-order valence-corrected chi connectivity index (χ4v) is 4.61. The monoisotopic (exact) mass is 379 g/mol. The lowest BCUT2D eigenvalue weighted by Crippen LogP contribution is -2.26. The predicted octanol–water partition coefficient (Wildman–Crippen LogP) is 4.15. The zero-order valence-electron chi connectivity index (χ0n) is 15.5. The van der Waals surface area contributed by atoms with Crippen LogP contribution in [-0.2, 0) is 0 Å². The molecule has 1 aromatic carbocycles. The topological polar surface area (TPSA) is 78.8 Å². The molecule has 0 spiro atoms. The van der Waals surface area contributed by atoms with Crippen molar-refractivity contribution in [1.29, 1.82) is 0 Å². The van der Waals surface area contributed by atoms with E-state index in [1.54, 1.807) is 17.4 Å². The molecule has 0 radical (unpaired) electrons. The number of aromatic amines is 1. The van der Waals surface area contributed by atoms with E-state index in [1.807, 2.05) is 18.5 Å². The number of hydrogen-bond donors (Lipinski definition) is 4. The fraction of sp³-hybridized carbons (Fsp3) is 0.286. The molecule has 5 N–H and O–H groups in total. The van der Waals surface area contributed by atoms with Gasteiger partial charge in [0.1, 0.15) is 5.82 Å². The van der Waals surface area contributed by atoms with Gasteiger partial charge in [0, 0.05) is 12.6 Å². The minimum atomic E-state index is 0.617. The standard InChI is InChI=1S/C21H25N5S/c1-3-15(19(22)20-17(23-2)8-11-27-20)21-25-16-5-4-14(12-18(16)26-21)13-6-9-24-10-7-13/h3-5,8,11-13,23-24H,1,6-7,9-10,22H2,2H3,(H,25,26)/b19-15-. The molecule has 140 valence electrons. The number of thiophene rings is 1. The first-order valence-corrected chi connectivity index (χ1v) is 10.2. The van der Waals surface area contributed by atoms with Crippen molar-refractivity contribution in [3.05, 3.63) is 58.6 Å². The fourth-order valence-electron chi connectivity index (χ4n) is 3.74. The van der Waals surface area contributed by atoms with Crippen LogP contribution in [0.2, 0.25) is 0 Å². The summed E-state index contributed by atoms with van der Waals surface area (Å²) in [6.07, 6.45) is 4.14. The summed E-state index contributed by atoms with van der Waals surface area (Å²) >= 11 is 1.61. The lowest BCUT2D eigenvalue weighted by molar-refractivity contribution is 0.460. The number of piperidine rings is 1. The van der Waals surface area contributed by atoms with Gasteiger partial charge in [0.15, 0.2) is 0 Å². The second kappa shape index (κ2) is 7.58. The molecule has 27 heavy (non-hydrogen) atoms. The molecule has 4 rings (SSSR count). The molecule has 1 saturated heterocycles. The molecule has 0 aliphatic carbocycles. The summed E-state index contributed by atoms with van der Waals surface area (Å²) in [4.78, 5) is 9.22. The molecule has 0 saturated carbocycles. The van der Waals surface area contributed by atoms with E-state index in [0.29, 0.717) is 11.6 Å². The van der Waals surface area contributed by atoms with E-state index in [2.05, 4.69) is 40.4 Å². The van der Waals surface area contributed by atoms with Crippen LogP contribution < -0.4 is 16.4 Å². The number of hydrogen-bond acceptors (Lipinski definition) is 5. The summed E-state index contributed by atoms with van der Waals surface area (Å²) in [5, 5.41) is 8.64. The minimum absolute atomic E-state index is 0.617. The molecule has 5 nitrogen and oxygen atoms in total. The van der Waals surface area contributed by atoms with Crippen LogP contribution in [0.4, 0.5) is 5.69 Å². The van der Waals surface area contributed by atoms with Gasteiger partial charge < -0.3 is 21.4 Å². The van der Waals surface area contributed by atoms with Gasteiger partial charge in [0.2, 0.25) is 0 Å². The number of nitrogens with zero attached hydrogens (tertiary/aromatic N) is 1. The van der Waals surface area contributed by atoms with Gasteiger partial charge in [-0.2, -0.15) is 0 Å². The van der Waals surface area contributed by atoms with E-state index in [9.17, 15) is 0 Å². The van der Waals surface area contributed by atoms with Gasteiger partial charge in [-0.05, 0) is 61.0 Å². The molecular weight excluding hydrogens is 354 g/mol. The van der Waals surface area contributed by atoms with Gasteiger partial charge in [-0.15, -0.1) is 11.3 Å². The maximum Gasteiger partial charge on any atom is 0.140 e. The van der Waals surface area contributed by atoms with Crippen molar-refractivity contribution >= 4 is 39.3 Å². The van der Waals surface area contributed by atoms with Gasteiger partial charge in [-0.25, -0.2) is 4.98 Å². The van der Waals surface area contributed by atoms with Gasteiger partial charge >= 0.3 is 0 Å². The number of nitrogens with one attached hydrogen (secondary N) is 3. The van der Waals surface area contributed by atoms with Gasteiger partial charge in [0.05, 0.1) is 27.3 Å². The third-order valence-corrected chi connectivity index (χ3v) is 6.19. The van der Waals surface area contributed by atoms with E-state index in [1.165, 1.54) is 18.4 Å². The van der Waals surface area contributed by atoms with Crippen molar-refractivity contribution in [2.45, 2.75) is 18.8 Å². The summed E-state index contributed by atoms with van der Waals surface area (Å²) in [6, 6.07) is 8.58. The molecule has 2 aromatic heterocycles. The summed E-state index contributed by atoms with van der Waals surface area (Å²) in [5.41, 5.74) is 12.4. The molecule has 0 amide bonds. The SMILES string of the molecule is C=C/C(=C(/N)c1sccc1NC)c1nc2ccc(C3CCNCC3)cc2[nH]1. The minimum Gasteiger partial charge on any atom is -0.397 e. The second-order valence-corrected chi connectivity index (χ2v) is 7.75. The molecule has 3 heterocycles. The molecular formula is C21H25N5S. The molecule has 1 aliphatic heterocycles. The average Bonchev–Trinajstić information content (AvgIpc) is 3.35. The highest BCUT2D eigenvalue weighted by atomic mass is 32.1. The molecule has 1 fully saturated rings. The molecule has 1 aliphatic rings. The maximum atomic E-state index is 6.48. The number of imidazole rings is 1. The Morgan fingerprint density at radius 2 is 2.15 bits per heavy atom. The Bertz CT molecular complexity index is 991. The Morgan fingerprint density at radius 1 is 1.33 bits per heavy atom. The van der Waals surface area contributed by atoms with Gasteiger partial charge in [-0.1, -0.05) is 18.7 Å². The number of benzene rings is 1. The Balaban J connectivity index is 1.73. The first kappa shape index (κ1) is 17.8. The Kier molecular flexibility index (Phi) is 5.01. The Morgan fingerprint density at radius 3 is 2.89 bits per heavy atom. The van der Waals surface area contributed by atoms with Crippen LogP contribution in [0.15, 0.2) is 42.3 Å². The molecule has 6 heteroatoms. The summed E-state index contributed by atoms with van der Waals surface area (Å²) in [5.74, 6) is 1.38. The average molecular weight is 380 g/mol. The largest absolute Gasteiger partial charge is 0.397 e. The number of fused-ring (bicyclic) bond motifs is 1. The van der Waals surface area contributed by atoms with Crippen LogP contribution >= 0.6 is 11.3 Å². The molecule has 0 unspecified atom stereocenters. The van der Waals surface area contributed by atoms with Crippen LogP contribution in [0.1, 0.15) is 35.0 Å². The molecule has 3 aromatic rings. The summed E-state index contributed by atoms with van der Waals surface area (Å²) in [7, 11) is 1.90. The number of aromatic nitrogens is 2. The lowest BCUT2D eigenvalue weighted by atomic mass is 9.90. The Hall–Kier alpha value is -2.57. The normalized spacial score (nSPS) is 16.3. The van der Waals surface area contributed by atoms with E-state index in [4.69, 9.17) is 10.7 Å². The second-order valence-electron chi connectivity index (χ2n) is 6.83. The number of anilines is 1. The Labute approximate surface area is 163 Å². The maximum absolute atomic E-state index is 6.48. The molecule has 0 atom stereocenters. The number of nitrogens with two attached hydrogens (primary N) is 1. The van der Waals surface area contributed by atoms with Crippen molar-refractivity contribution in [2.75, 3.05) is 25.5 Å². The zero-order valence-corrected chi connectivity index (χ0v) is 16.3. The van der Waals surface area contributed by atoms with Gasteiger partial charge in [-0.3, -0.25) is 0 Å². The number of H-pyrrole nitrogens is 1. The highest BCUT2D eigenvalue weighted by molar-refractivity contribution is 7.11. The van der Waals surface area contributed by atoms with Crippen molar-refractivity contribution in [3.63, 3.8) is 0 Å². The van der Waals surface area contributed by atoms with Crippen molar-refractivity contribution < 1.29 is 0 Å². The number of allylic oxidation sites excluding steroid dienone is 2. The van der Waals surface area contributed by atoms with E-state index < -0.39 is 0 Å². The van der Waals surface area contributed by atoms with Crippen LogP contribution in [0.5, 0.6) is 0 Å². The summed E-state index contributed by atoms with van der Waals surface area (Å²) < 4.78 is 0. The van der Waals surface area contributed by atoms with E-state index in [-0.39, 0.29) is 0 Å². The first-order chi connectivity index (χ1) is 13.2. The van der Waals surface area contributed by atoms with Crippen LogP contribution in [-0.4, -0.2) is 30.1 Å². The third kappa shape index (κ3) is 3.38. The first-order valence-electron chi connectivity index (χ1n) is 9.29. The quantitative estimate of drug-likeness (QED) is 0.502. The smallest absolute Gasteiger partial charge is 0.140 e. The van der Waals surface area contributed by atoms with Crippen molar-refractivity contribution in [3.8, 4) is 0 Å². The predicted molar refractivity (Wildman–Crippen MR) is 116 cm³/mol. The zero-order chi connectivity index (χ0) is 18.8.